The van der Waals surface area contributed by atoms with E-state index in [1.165, 1.54) is 9.13 Å². The number of nitrogens with zero attached hydrogens (tertiary/aromatic N) is 4. The van der Waals surface area contributed by atoms with Gasteiger partial charge in [-0.15, -0.1) is 0 Å². The molecule has 0 aromatic carbocycles. The molecule has 14 heteroatoms. The third kappa shape index (κ3) is 7.37. The molecule has 0 aliphatic carbocycles. The zero-order valence-electron chi connectivity index (χ0n) is 26.7. The summed E-state index contributed by atoms with van der Waals surface area (Å²) in [6, 6.07) is 0. The van der Waals surface area contributed by atoms with Gasteiger partial charge in [0.25, 0.3) is 0 Å². The van der Waals surface area contributed by atoms with Crippen molar-refractivity contribution in [1.82, 2.24) is 19.1 Å². The van der Waals surface area contributed by atoms with Crippen molar-refractivity contribution < 1.29 is 28.5 Å². The van der Waals surface area contributed by atoms with E-state index in [9.17, 15) is 14.4 Å². The molecular formula is C30H50N6O8. The number of aromatic nitrogens is 4. The minimum atomic E-state index is -0.482. The Morgan fingerprint density at radius 1 is 0.932 bits per heavy atom. The highest BCUT2D eigenvalue weighted by molar-refractivity contribution is 5.50. The smallest absolute Gasteiger partial charge is 0.351 e. The lowest BCUT2D eigenvalue weighted by atomic mass is 9.84. The molecule has 4 heterocycles. The molecule has 44 heavy (non-hydrogen) atoms. The monoisotopic (exact) mass is 622 g/mol. The van der Waals surface area contributed by atoms with Crippen LogP contribution in [0.1, 0.15) is 58.2 Å². The van der Waals surface area contributed by atoms with Crippen molar-refractivity contribution in [3.05, 3.63) is 44.5 Å². The summed E-state index contributed by atoms with van der Waals surface area (Å²) in [7, 11) is 8.31. The Hall–Kier alpha value is -3.17. The van der Waals surface area contributed by atoms with Crippen LogP contribution in [0, 0.1) is 25.2 Å². The van der Waals surface area contributed by atoms with Gasteiger partial charge in [-0.1, -0.05) is 28.2 Å². The molecular weight excluding hydrogens is 572 g/mol. The number of methoxy groups -OCH3 is 3. The minimum absolute atomic E-state index is 0. The van der Waals surface area contributed by atoms with Crippen molar-refractivity contribution in [2.45, 2.75) is 85.3 Å². The first-order valence-electron chi connectivity index (χ1n) is 14.2. The van der Waals surface area contributed by atoms with Gasteiger partial charge in [0, 0.05) is 76.7 Å². The highest BCUT2D eigenvalue weighted by Crippen LogP contribution is 2.46. The standard InChI is InChI=1S/C15H25N3O4.C14H21N3O4.CH4/c1-9-7-18(14(19)17-12(9)16-4)13-15(2,3)11(21-6)10(22-13)8-20-5;1-8-7-17(14(19)16-12(8)15-3)13-9(2)11(20-4)10(21-13)5-6-18;/h7,10-11,13H,8H2,1-6H3,(H,16,17,19);6-7,9-11,13H,5H2,1-4H3,(H,15,16,19);1H4. The van der Waals surface area contributed by atoms with E-state index < -0.39 is 17.9 Å². The van der Waals surface area contributed by atoms with Crippen LogP contribution in [0.2, 0.25) is 0 Å². The van der Waals surface area contributed by atoms with Gasteiger partial charge in [0.05, 0.1) is 24.9 Å². The molecule has 0 saturated carbocycles. The normalized spacial score (nSPS) is 27.2. The lowest BCUT2D eigenvalue weighted by Gasteiger charge is -2.31. The number of nitrogens with one attached hydrogen (secondary N) is 2. The fourth-order valence-corrected chi connectivity index (χ4v) is 6.04. The van der Waals surface area contributed by atoms with Crippen molar-refractivity contribution >= 4 is 17.9 Å². The second-order valence-electron chi connectivity index (χ2n) is 11.4. The third-order valence-electron chi connectivity index (χ3n) is 8.11. The molecule has 0 amide bonds. The Bertz CT molecular complexity index is 1360. The SMILES string of the molecule is C.CNc1nc(=O)n(C2OC(CC=O)C(OC)C2C)cc1C.CNc1nc(=O)n(C2OC(COC)C(OC)C2(C)C)cc1C. The van der Waals surface area contributed by atoms with Crippen LogP contribution in [0.15, 0.2) is 22.0 Å². The quantitative estimate of drug-likeness (QED) is 0.374. The molecule has 2 N–H and O–H groups in total. The number of hydrogen-bond donors (Lipinski definition) is 2. The van der Waals surface area contributed by atoms with Gasteiger partial charge >= 0.3 is 11.4 Å². The number of anilines is 2. The second kappa shape index (κ2) is 15.7. The summed E-state index contributed by atoms with van der Waals surface area (Å²) in [6.45, 7) is 10.2. The summed E-state index contributed by atoms with van der Waals surface area (Å²) in [6.07, 6.45) is 2.64. The number of rotatable bonds is 10. The molecule has 2 aromatic heterocycles. The number of carbonyl (C=O) groups is 1. The molecule has 2 aromatic rings. The average molecular weight is 623 g/mol. The minimum Gasteiger partial charge on any atom is -0.382 e. The van der Waals surface area contributed by atoms with Gasteiger partial charge in [-0.25, -0.2) is 9.59 Å². The van der Waals surface area contributed by atoms with Gasteiger partial charge in [-0.05, 0) is 13.8 Å². The van der Waals surface area contributed by atoms with Gasteiger partial charge in [0.15, 0.2) is 0 Å². The van der Waals surface area contributed by atoms with Crippen LogP contribution < -0.4 is 22.0 Å². The summed E-state index contributed by atoms with van der Waals surface area (Å²) in [5.74, 6) is 1.07. The van der Waals surface area contributed by atoms with Gasteiger partial charge in [-0.2, -0.15) is 9.97 Å². The maximum Gasteiger partial charge on any atom is 0.351 e. The van der Waals surface area contributed by atoms with Crippen molar-refractivity contribution in [2.24, 2.45) is 11.3 Å². The predicted molar refractivity (Wildman–Crippen MR) is 167 cm³/mol. The predicted octanol–water partition coefficient (Wildman–Crippen LogP) is 2.55. The first-order chi connectivity index (χ1) is 20.4. The molecule has 2 fully saturated rings. The molecule has 0 radical (unpaired) electrons. The number of carbonyl (C=O) groups excluding carboxylic acids is 1. The summed E-state index contributed by atoms with van der Waals surface area (Å²) >= 11 is 0. The highest BCUT2D eigenvalue weighted by Gasteiger charge is 2.52. The Balaban J connectivity index is 0.000000300. The molecule has 4 rings (SSSR count). The van der Waals surface area contributed by atoms with Crippen LogP contribution >= 0.6 is 0 Å². The van der Waals surface area contributed by atoms with Crippen LogP contribution in [0.25, 0.3) is 0 Å². The molecule has 248 valence electrons. The lowest BCUT2D eigenvalue weighted by Crippen LogP contribution is -2.40. The van der Waals surface area contributed by atoms with Crippen molar-refractivity contribution in [3.8, 4) is 0 Å². The van der Waals surface area contributed by atoms with Crippen LogP contribution in [-0.2, 0) is 28.5 Å². The summed E-state index contributed by atoms with van der Waals surface area (Å²) < 4.78 is 31.2. The molecule has 2 aliphatic rings. The number of hydrogen-bond acceptors (Lipinski definition) is 12. The van der Waals surface area contributed by atoms with Gasteiger partial charge < -0.3 is 39.1 Å². The summed E-state index contributed by atoms with van der Waals surface area (Å²) in [4.78, 5) is 43.3. The van der Waals surface area contributed by atoms with Gasteiger partial charge in [0.2, 0.25) is 0 Å². The lowest BCUT2D eigenvalue weighted by molar-refractivity contribution is -0.112. The molecule has 2 saturated heterocycles. The van der Waals surface area contributed by atoms with Crippen LogP contribution in [0.5, 0.6) is 0 Å². The maximum absolute atomic E-state index is 12.3. The van der Waals surface area contributed by atoms with E-state index >= 15 is 0 Å². The van der Waals surface area contributed by atoms with E-state index in [2.05, 4.69) is 20.6 Å². The van der Waals surface area contributed by atoms with Crippen LogP contribution in [0.4, 0.5) is 11.6 Å². The molecule has 0 bridgehead atoms. The van der Waals surface area contributed by atoms with Gasteiger partial charge in [0.1, 0.15) is 36.5 Å². The van der Waals surface area contributed by atoms with E-state index in [0.29, 0.717) is 18.2 Å². The van der Waals surface area contributed by atoms with Crippen LogP contribution in [-0.4, -0.2) is 91.8 Å². The Morgan fingerprint density at radius 2 is 1.48 bits per heavy atom. The fourth-order valence-electron chi connectivity index (χ4n) is 6.04. The zero-order chi connectivity index (χ0) is 32.1. The van der Waals surface area contributed by atoms with Crippen molar-refractivity contribution in [3.63, 3.8) is 0 Å². The molecule has 2 aliphatic heterocycles. The molecule has 0 spiro atoms. The van der Waals surface area contributed by atoms with E-state index in [1.807, 2.05) is 34.6 Å². The van der Waals surface area contributed by atoms with E-state index in [1.54, 1.807) is 47.8 Å². The Morgan fingerprint density at radius 3 is 1.95 bits per heavy atom. The van der Waals surface area contributed by atoms with E-state index in [4.69, 9.17) is 23.7 Å². The number of aldehydes is 1. The Labute approximate surface area is 259 Å². The molecule has 14 nitrogen and oxygen atoms in total. The van der Waals surface area contributed by atoms with Gasteiger partial charge in [-0.3, -0.25) is 9.13 Å². The summed E-state index contributed by atoms with van der Waals surface area (Å²) in [5.41, 5.74) is 0.604. The maximum atomic E-state index is 12.3. The highest BCUT2D eigenvalue weighted by atomic mass is 16.6. The van der Waals surface area contributed by atoms with Crippen LogP contribution in [0.3, 0.4) is 0 Å². The van der Waals surface area contributed by atoms with E-state index in [0.717, 1.165) is 17.4 Å². The first-order valence-corrected chi connectivity index (χ1v) is 14.2. The van der Waals surface area contributed by atoms with Crippen molar-refractivity contribution in [1.29, 1.82) is 0 Å². The zero-order valence-corrected chi connectivity index (χ0v) is 26.7. The fraction of sp³-hybridized carbons (Fsp3) is 0.700. The molecule has 7 atom stereocenters. The molecule has 7 unspecified atom stereocenters. The average Bonchev–Trinajstić information content (AvgIpc) is 3.42. The Kier molecular flexibility index (Phi) is 13.2. The summed E-state index contributed by atoms with van der Waals surface area (Å²) in [5, 5.41) is 5.79. The second-order valence-corrected chi connectivity index (χ2v) is 11.4. The number of ether oxygens (including phenoxy) is 5. The third-order valence-corrected chi connectivity index (χ3v) is 8.11. The largest absolute Gasteiger partial charge is 0.382 e. The topological polar surface area (TPSA) is 157 Å². The first kappa shape index (κ1) is 37.0. The van der Waals surface area contributed by atoms with E-state index in [-0.39, 0.29) is 55.6 Å². The number of aryl methyl sites for hydroxylation is 2. The van der Waals surface area contributed by atoms with Crippen molar-refractivity contribution in [2.75, 3.05) is 52.7 Å².